The van der Waals surface area contributed by atoms with Gasteiger partial charge in [-0.05, 0) is 44.2 Å². The van der Waals surface area contributed by atoms with Crippen molar-refractivity contribution < 1.29 is 14.6 Å². The van der Waals surface area contributed by atoms with Gasteiger partial charge in [-0.15, -0.1) is 0 Å². The van der Waals surface area contributed by atoms with Crippen LogP contribution in [0.1, 0.15) is 161 Å². The van der Waals surface area contributed by atoms with Gasteiger partial charge in [0, 0.05) is 6.42 Å². The van der Waals surface area contributed by atoms with Crippen LogP contribution in [0.15, 0.2) is 24.3 Å². The Morgan fingerprint density at radius 1 is 0.694 bits per heavy atom. The SMILES string of the molecule is CCCCCCCCCc1ccccc1OC(=O)CCCCCCCCCCCCCCCC(C)O. The van der Waals surface area contributed by atoms with Crippen LogP contribution in [0.5, 0.6) is 5.75 Å². The van der Waals surface area contributed by atoms with Crippen LogP contribution in [0.25, 0.3) is 0 Å². The Morgan fingerprint density at radius 3 is 1.72 bits per heavy atom. The fraction of sp³-hybridized carbons (Fsp3) is 0.788. The molecule has 0 bridgehead atoms. The number of aryl methyl sites for hydroxylation is 1. The van der Waals surface area contributed by atoms with E-state index < -0.39 is 0 Å². The fourth-order valence-corrected chi connectivity index (χ4v) is 4.91. The zero-order valence-corrected chi connectivity index (χ0v) is 23.9. The number of unbranched alkanes of at least 4 members (excludes halogenated alkanes) is 18. The van der Waals surface area contributed by atoms with Crippen LogP contribution in [0.2, 0.25) is 0 Å². The molecule has 0 amide bonds. The molecule has 0 aliphatic heterocycles. The molecule has 1 aromatic rings. The maximum absolute atomic E-state index is 12.4. The third kappa shape index (κ3) is 19.8. The van der Waals surface area contributed by atoms with Crippen LogP contribution in [-0.4, -0.2) is 17.2 Å². The zero-order chi connectivity index (χ0) is 26.1. The normalized spacial score (nSPS) is 12.1. The Labute approximate surface area is 223 Å². The maximum atomic E-state index is 12.4. The predicted molar refractivity (Wildman–Crippen MR) is 155 cm³/mol. The second-order valence-electron chi connectivity index (χ2n) is 10.9. The van der Waals surface area contributed by atoms with Gasteiger partial charge in [0.25, 0.3) is 0 Å². The molecule has 0 aliphatic carbocycles. The molecule has 0 heterocycles. The smallest absolute Gasteiger partial charge is 0.311 e. The maximum Gasteiger partial charge on any atom is 0.311 e. The molecule has 0 aliphatic rings. The predicted octanol–water partition coefficient (Wildman–Crippen LogP) is 10.1. The van der Waals surface area contributed by atoms with E-state index in [0.717, 1.165) is 31.4 Å². The summed E-state index contributed by atoms with van der Waals surface area (Å²) < 4.78 is 5.73. The number of carbonyl (C=O) groups is 1. The van der Waals surface area contributed by atoms with Crippen LogP contribution in [0.3, 0.4) is 0 Å². The topological polar surface area (TPSA) is 46.5 Å². The van der Waals surface area contributed by atoms with E-state index in [4.69, 9.17) is 4.74 Å². The zero-order valence-electron chi connectivity index (χ0n) is 23.9. The minimum atomic E-state index is -0.134. The summed E-state index contributed by atoms with van der Waals surface area (Å²) >= 11 is 0. The molecular weight excluding hydrogens is 444 g/mol. The minimum absolute atomic E-state index is 0.0760. The van der Waals surface area contributed by atoms with Crippen molar-refractivity contribution in [2.24, 2.45) is 0 Å². The molecule has 1 atom stereocenters. The Balaban J connectivity index is 1.98. The van der Waals surface area contributed by atoms with Gasteiger partial charge in [-0.3, -0.25) is 4.79 Å². The van der Waals surface area contributed by atoms with Gasteiger partial charge < -0.3 is 9.84 Å². The highest BCUT2D eigenvalue weighted by molar-refractivity contribution is 5.72. The third-order valence-corrected chi connectivity index (χ3v) is 7.25. The van der Waals surface area contributed by atoms with E-state index in [0.29, 0.717) is 6.42 Å². The average Bonchev–Trinajstić information content (AvgIpc) is 2.86. The van der Waals surface area contributed by atoms with E-state index in [-0.39, 0.29) is 12.1 Å². The van der Waals surface area contributed by atoms with Crippen molar-refractivity contribution in [3.05, 3.63) is 29.8 Å². The van der Waals surface area contributed by atoms with E-state index in [1.807, 2.05) is 19.1 Å². The molecule has 0 radical (unpaired) electrons. The van der Waals surface area contributed by atoms with Gasteiger partial charge in [0.1, 0.15) is 5.75 Å². The van der Waals surface area contributed by atoms with Crippen molar-refractivity contribution in [2.45, 2.75) is 168 Å². The van der Waals surface area contributed by atoms with E-state index in [1.54, 1.807) is 0 Å². The molecule has 36 heavy (non-hydrogen) atoms. The summed E-state index contributed by atoms with van der Waals surface area (Å²) in [7, 11) is 0. The largest absolute Gasteiger partial charge is 0.426 e. The van der Waals surface area contributed by atoms with Gasteiger partial charge >= 0.3 is 5.97 Å². The summed E-state index contributed by atoms with van der Waals surface area (Å²) in [5.41, 5.74) is 1.18. The summed E-state index contributed by atoms with van der Waals surface area (Å²) in [6, 6.07) is 8.08. The fourth-order valence-electron chi connectivity index (χ4n) is 4.91. The van der Waals surface area contributed by atoms with Gasteiger partial charge in [-0.25, -0.2) is 0 Å². The van der Waals surface area contributed by atoms with Crippen molar-refractivity contribution in [1.82, 2.24) is 0 Å². The first-order valence-electron chi connectivity index (χ1n) is 15.6. The number of ether oxygens (including phenoxy) is 1. The van der Waals surface area contributed by atoms with Crippen molar-refractivity contribution in [3.8, 4) is 5.75 Å². The van der Waals surface area contributed by atoms with Gasteiger partial charge in [0.15, 0.2) is 0 Å². The molecule has 0 saturated heterocycles. The number of hydrogen-bond acceptors (Lipinski definition) is 3. The standard InChI is InChI=1S/C33H58O3/c1-3-4-5-6-14-18-21-26-31-27-23-24-28-32(31)36-33(35)29-22-19-16-13-11-9-7-8-10-12-15-17-20-25-30(2)34/h23-24,27-28,30,34H,3-22,25-26,29H2,1-2H3. The van der Waals surface area contributed by atoms with Crippen molar-refractivity contribution in [2.75, 3.05) is 0 Å². The number of hydrogen-bond donors (Lipinski definition) is 1. The molecule has 0 aromatic heterocycles. The third-order valence-electron chi connectivity index (χ3n) is 7.25. The number of para-hydroxylation sites is 1. The number of aliphatic hydroxyl groups excluding tert-OH is 1. The summed E-state index contributed by atoms with van der Waals surface area (Å²) in [6.07, 6.45) is 27.9. The molecule has 0 spiro atoms. The Bertz CT molecular complexity index is 625. The number of aliphatic hydroxyl groups is 1. The van der Waals surface area contributed by atoms with Crippen LogP contribution >= 0.6 is 0 Å². The molecule has 1 aromatic carbocycles. The van der Waals surface area contributed by atoms with Crippen molar-refractivity contribution >= 4 is 5.97 Å². The molecule has 1 unspecified atom stereocenters. The molecule has 3 heteroatoms. The van der Waals surface area contributed by atoms with E-state index in [1.165, 1.54) is 121 Å². The monoisotopic (exact) mass is 502 g/mol. The van der Waals surface area contributed by atoms with Crippen molar-refractivity contribution in [3.63, 3.8) is 0 Å². The summed E-state index contributed by atoms with van der Waals surface area (Å²) in [4.78, 5) is 12.4. The van der Waals surface area contributed by atoms with E-state index in [9.17, 15) is 9.90 Å². The van der Waals surface area contributed by atoms with E-state index >= 15 is 0 Å². The number of rotatable bonds is 25. The lowest BCUT2D eigenvalue weighted by atomic mass is 10.0. The molecule has 0 fully saturated rings. The second-order valence-corrected chi connectivity index (χ2v) is 10.9. The Hall–Kier alpha value is -1.35. The Kier molecular flexibility index (Phi) is 21.8. The van der Waals surface area contributed by atoms with Crippen LogP contribution in [0, 0.1) is 0 Å². The average molecular weight is 503 g/mol. The van der Waals surface area contributed by atoms with Gasteiger partial charge in [-0.2, -0.15) is 0 Å². The number of esters is 1. The molecule has 3 nitrogen and oxygen atoms in total. The van der Waals surface area contributed by atoms with Gasteiger partial charge in [-0.1, -0.05) is 141 Å². The molecule has 0 saturated carbocycles. The molecular formula is C33H58O3. The minimum Gasteiger partial charge on any atom is -0.426 e. The van der Waals surface area contributed by atoms with Crippen LogP contribution < -0.4 is 4.74 Å². The highest BCUT2D eigenvalue weighted by Crippen LogP contribution is 2.22. The van der Waals surface area contributed by atoms with Gasteiger partial charge in [0.2, 0.25) is 0 Å². The highest BCUT2D eigenvalue weighted by atomic mass is 16.5. The van der Waals surface area contributed by atoms with Gasteiger partial charge in [0.05, 0.1) is 6.10 Å². The second kappa shape index (κ2) is 24.0. The summed E-state index contributed by atoms with van der Waals surface area (Å²) in [6.45, 7) is 4.14. The lowest BCUT2D eigenvalue weighted by Crippen LogP contribution is -2.09. The van der Waals surface area contributed by atoms with Crippen molar-refractivity contribution in [1.29, 1.82) is 0 Å². The molecule has 1 rings (SSSR count). The van der Waals surface area contributed by atoms with Crippen LogP contribution in [0.4, 0.5) is 0 Å². The number of carbonyl (C=O) groups excluding carboxylic acids is 1. The van der Waals surface area contributed by atoms with Crippen LogP contribution in [-0.2, 0) is 11.2 Å². The molecule has 1 N–H and O–H groups in total. The summed E-state index contributed by atoms with van der Waals surface area (Å²) in [5.74, 6) is 0.695. The lowest BCUT2D eigenvalue weighted by molar-refractivity contribution is -0.134. The lowest BCUT2D eigenvalue weighted by Gasteiger charge is -2.10. The van der Waals surface area contributed by atoms with E-state index in [2.05, 4.69) is 19.1 Å². The highest BCUT2D eigenvalue weighted by Gasteiger charge is 2.09. The molecule has 208 valence electrons. The number of benzene rings is 1. The summed E-state index contributed by atoms with van der Waals surface area (Å²) in [5, 5.41) is 9.26. The first-order valence-corrected chi connectivity index (χ1v) is 15.6. The quantitative estimate of drug-likeness (QED) is 0.0821. The Morgan fingerprint density at radius 2 is 1.17 bits per heavy atom. The first-order chi connectivity index (χ1) is 17.6. The first kappa shape index (κ1) is 32.7.